The molecule has 1 rings (SSSR count). The Kier molecular flexibility index (Phi) is 6.44. The summed E-state index contributed by atoms with van der Waals surface area (Å²) in [6, 6.07) is 1.89. The molecule has 6 N–H and O–H groups in total. The molecule has 0 aliphatic carbocycles. The highest BCUT2D eigenvalue weighted by Crippen LogP contribution is 2.19. The van der Waals surface area contributed by atoms with Crippen LogP contribution in [0.25, 0.3) is 0 Å². The molecule has 6 heteroatoms. The van der Waals surface area contributed by atoms with Gasteiger partial charge in [0.15, 0.2) is 0 Å². The number of hydrogen-bond acceptors (Lipinski definition) is 6. The minimum absolute atomic E-state index is 0. The number of pyridine rings is 1. The second-order valence-electron chi connectivity index (χ2n) is 3.90. The van der Waals surface area contributed by atoms with Gasteiger partial charge in [0.1, 0.15) is 5.82 Å². The molecule has 18 heavy (non-hydrogen) atoms. The molecule has 0 radical (unpaired) electrons. The maximum absolute atomic E-state index is 5.85. The summed E-state index contributed by atoms with van der Waals surface area (Å²) in [6.07, 6.45) is 5.25. The van der Waals surface area contributed by atoms with Crippen molar-refractivity contribution in [3.8, 4) is 0 Å². The normalized spacial score (nSPS) is 11.2. The average Bonchev–Trinajstić information content (AvgIpc) is 2.23. The van der Waals surface area contributed by atoms with Gasteiger partial charge in [-0.15, -0.1) is 0 Å². The van der Waals surface area contributed by atoms with E-state index >= 15 is 0 Å². The molecule has 1 aromatic heterocycles. The van der Waals surface area contributed by atoms with Crippen LogP contribution in [-0.2, 0) is 0 Å². The van der Waals surface area contributed by atoms with Crippen LogP contribution in [0, 0.1) is 6.92 Å². The highest BCUT2D eigenvalue weighted by atomic mass is 15.1. The van der Waals surface area contributed by atoms with Crippen molar-refractivity contribution in [2.45, 2.75) is 13.8 Å². The van der Waals surface area contributed by atoms with E-state index in [-0.39, 0.29) is 6.15 Å². The first-order valence-corrected chi connectivity index (χ1v) is 5.39. The number of anilines is 2. The predicted molar refractivity (Wildman–Crippen MR) is 78.0 cm³/mol. The van der Waals surface area contributed by atoms with Crippen LogP contribution in [-0.4, -0.2) is 30.2 Å². The lowest BCUT2D eigenvalue weighted by molar-refractivity contribution is 0.558. The molecule has 0 atom stereocenters. The van der Waals surface area contributed by atoms with Crippen molar-refractivity contribution in [1.29, 1.82) is 0 Å². The predicted octanol–water partition coefficient (Wildman–Crippen LogP) is 2.00. The first kappa shape index (κ1) is 15.9. The van der Waals surface area contributed by atoms with Crippen molar-refractivity contribution < 1.29 is 0 Å². The van der Waals surface area contributed by atoms with Crippen LogP contribution in [0.4, 0.5) is 11.4 Å². The van der Waals surface area contributed by atoms with E-state index in [1.165, 1.54) is 0 Å². The smallest absolute Gasteiger partial charge is 0.146 e. The second kappa shape index (κ2) is 7.29. The van der Waals surface area contributed by atoms with Crippen LogP contribution in [0.5, 0.6) is 0 Å². The Morgan fingerprint density at radius 2 is 2.17 bits per heavy atom. The van der Waals surface area contributed by atoms with E-state index < -0.39 is 0 Å². The highest BCUT2D eigenvalue weighted by Gasteiger charge is 2.02. The third kappa shape index (κ3) is 4.84. The van der Waals surface area contributed by atoms with Crippen molar-refractivity contribution in [3.05, 3.63) is 30.0 Å². The van der Waals surface area contributed by atoms with E-state index in [1.54, 1.807) is 12.4 Å². The first-order valence-electron chi connectivity index (χ1n) is 5.39. The topological polar surface area (TPSA) is 102 Å². The van der Waals surface area contributed by atoms with Crippen molar-refractivity contribution in [1.82, 2.24) is 16.0 Å². The molecular formula is C12H22N6. The molecule has 0 saturated heterocycles. The van der Waals surface area contributed by atoms with E-state index in [0.717, 1.165) is 17.2 Å². The Labute approximate surface area is 108 Å². The van der Waals surface area contributed by atoms with Crippen LogP contribution in [0.3, 0.4) is 0 Å². The van der Waals surface area contributed by atoms with Gasteiger partial charge in [0.05, 0.1) is 17.6 Å². The second-order valence-corrected chi connectivity index (χ2v) is 3.90. The number of aliphatic imine (C=N–C) groups is 1. The Balaban J connectivity index is 0.00000289. The summed E-state index contributed by atoms with van der Waals surface area (Å²) in [6.45, 7) is 3.79. The molecule has 0 bridgehead atoms. The molecule has 0 aromatic carbocycles. The monoisotopic (exact) mass is 250 g/mol. The van der Waals surface area contributed by atoms with Crippen LogP contribution in [0.15, 0.2) is 29.3 Å². The SMILES string of the molecule is C/C=N\C(=C/N(C)C)Nc1cc(C)ncc1N.N. The first-order chi connectivity index (χ1) is 8.02. The third-order valence-corrected chi connectivity index (χ3v) is 1.98. The molecule has 0 aliphatic rings. The molecule has 100 valence electrons. The van der Waals surface area contributed by atoms with Crippen LogP contribution in [0.1, 0.15) is 12.6 Å². The average molecular weight is 250 g/mol. The molecule has 0 fully saturated rings. The summed E-state index contributed by atoms with van der Waals surface area (Å²) in [5.74, 6) is 0.731. The number of aromatic nitrogens is 1. The van der Waals surface area contributed by atoms with Gasteiger partial charge in [0, 0.05) is 32.2 Å². The lowest BCUT2D eigenvalue weighted by atomic mass is 10.3. The number of nitrogens with two attached hydrogens (primary N) is 1. The Hall–Kier alpha value is -2.08. The van der Waals surface area contributed by atoms with Crippen LogP contribution >= 0.6 is 0 Å². The molecule has 1 aromatic rings. The zero-order valence-electron chi connectivity index (χ0n) is 11.4. The number of rotatable bonds is 4. The Morgan fingerprint density at radius 3 is 2.72 bits per heavy atom. The van der Waals surface area contributed by atoms with E-state index in [4.69, 9.17) is 5.73 Å². The van der Waals surface area contributed by atoms with Crippen molar-refractivity contribution in [2.24, 2.45) is 4.99 Å². The third-order valence-electron chi connectivity index (χ3n) is 1.98. The summed E-state index contributed by atoms with van der Waals surface area (Å²) in [4.78, 5) is 10.3. The van der Waals surface area contributed by atoms with Crippen molar-refractivity contribution in [2.75, 3.05) is 25.1 Å². The molecule has 0 saturated carbocycles. The molecule has 0 unspecified atom stereocenters. The largest absolute Gasteiger partial charge is 0.396 e. The lowest BCUT2D eigenvalue weighted by Crippen LogP contribution is -2.08. The minimum atomic E-state index is 0. The van der Waals surface area contributed by atoms with Gasteiger partial charge in [-0.2, -0.15) is 0 Å². The standard InChI is InChI=1S/C12H19N5.H3N/c1-5-14-12(8-17(3)4)16-11-6-9(2)15-7-10(11)13;/h5-8H,13H2,1-4H3,(H,15,16);1H3/b12-8+,14-5-;. The number of nitrogen functional groups attached to an aromatic ring is 1. The molecule has 0 amide bonds. The van der Waals surface area contributed by atoms with E-state index in [9.17, 15) is 0 Å². The number of nitrogens with zero attached hydrogens (tertiary/aromatic N) is 3. The number of aryl methyl sites for hydroxylation is 1. The van der Waals surface area contributed by atoms with Gasteiger partial charge in [-0.05, 0) is 19.9 Å². The van der Waals surface area contributed by atoms with Crippen molar-refractivity contribution in [3.63, 3.8) is 0 Å². The number of hydrogen-bond donors (Lipinski definition) is 3. The zero-order valence-corrected chi connectivity index (χ0v) is 11.4. The summed E-state index contributed by atoms with van der Waals surface area (Å²) in [5, 5.41) is 3.18. The fraction of sp³-hybridized carbons (Fsp3) is 0.333. The lowest BCUT2D eigenvalue weighted by Gasteiger charge is -2.12. The van der Waals surface area contributed by atoms with E-state index in [1.807, 2.05) is 45.1 Å². The summed E-state index contributed by atoms with van der Waals surface area (Å²) in [5.41, 5.74) is 8.17. The fourth-order valence-electron chi connectivity index (χ4n) is 1.30. The van der Waals surface area contributed by atoms with Gasteiger partial charge in [0.2, 0.25) is 0 Å². The van der Waals surface area contributed by atoms with Gasteiger partial charge >= 0.3 is 0 Å². The minimum Gasteiger partial charge on any atom is -0.396 e. The van der Waals surface area contributed by atoms with Gasteiger partial charge in [-0.1, -0.05) is 0 Å². The Morgan fingerprint density at radius 1 is 1.50 bits per heavy atom. The van der Waals surface area contributed by atoms with Crippen molar-refractivity contribution >= 4 is 17.6 Å². The van der Waals surface area contributed by atoms with Gasteiger partial charge in [-0.3, -0.25) is 4.98 Å². The molecule has 6 nitrogen and oxygen atoms in total. The van der Waals surface area contributed by atoms with Crippen LogP contribution < -0.4 is 17.2 Å². The molecule has 1 heterocycles. The molecular weight excluding hydrogens is 228 g/mol. The summed E-state index contributed by atoms with van der Waals surface area (Å²) < 4.78 is 0. The van der Waals surface area contributed by atoms with E-state index in [0.29, 0.717) is 5.69 Å². The quantitative estimate of drug-likeness (QED) is 0.709. The molecule has 0 aliphatic heterocycles. The maximum atomic E-state index is 5.85. The van der Waals surface area contributed by atoms with Gasteiger partial charge in [-0.25, -0.2) is 4.99 Å². The van der Waals surface area contributed by atoms with Gasteiger partial charge < -0.3 is 22.1 Å². The number of nitrogens with one attached hydrogen (secondary N) is 1. The van der Waals surface area contributed by atoms with E-state index in [2.05, 4.69) is 15.3 Å². The van der Waals surface area contributed by atoms with Gasteiger partial charge in [0.25, 0.3) is 0 Å². The summed E-state index contributed by atoms with van der Waals surface area (Å²) >= 11 is 0. The fourth-order valence-corrected chi connectivity index (χ4v) is 1.30. The maximum Gasteiger partial charge on any atom is 0.146 e. The zero-order chi connectivity index (χ0) is 12.8. The Bertz CT molecular complexity index is 436. The molecule has 0 spiro atoms. The highest BCUT2D eigenvalue weighted by molar-refractivity contribution is 5.68. The van der Waals surface area contributed by atoms with Crippen LogP contribution in [0.2, 0.25) is 0 Å². The summed E-state index contributed by atoms with van der Waals surface area (Å²) in [7, 11) is 3.88.